The van der Waals surface area contributed by atoms with Gasteiger partial charge in [0.05, 0.1) is 37.5 Å². The summed E-state index contributed by atoms with van der Waals surface area (Å²) in [6.07, 6.45) is -20.3. The highest BCUT2D eigenvalue weighted by Crippen LogP contribution is 2.33. The summed E-state index contributed by atoms with van der Waals surface area (Å²) in [7, 11) is 0. The van der Waals surface area contributed by atoms with Crippen molar-refractivity contribution >= 4 is 0 Å². The Hall–Kier alpha value is -0.760. The van der Waals surface area contributed by atoms with Crippen LogP contribution in [0.25, 0.3) is 0 Å². The zero-order valence-corrected chi connectivity index (χ0v) is 22.7. The lowest BCUT2D eigenvalue weighted by Gasteiger charge is -2.47. The van der Waals surface area contributed by atoms with Crippen LogP contribution in [-0.4, -0.2) is 177 Å². The Bertz CT molecular complexity index is 852. The molecule has 4 aliphatic rings. The smallest absolute Gasteiger partial charge is 0.187 e. The highest BCUT2D eigenvalue weighted by atomic mass is 16.8. The first kappa shape index (κ1) is 34.1. The highest BCUT2D eigenvalue weighted by molar-refractivity contribution is 5.00. The van der Waals surface area contributed by atoms with E-state index < -0.39 is 129 Å². The first-order chi connectivity index (χ1) is 19.8. The van der Waals surface area contributed by atoms with Gasteiger partial charge in [-0.05, 0) is 6.42 Å². The molecule has 3 aliphatic heterocycles. The van der Waals surface area contributed by atoms with Crippen LogP contribution in [0.1, 0.15) is 6.42 Å². The van der Waals surface area contributed by atoms with E-state index in [2.05, 4.69) is 0 Å². The molecule has 1 unspecified atom stereocenters. The molecule has 0 aromatic heterocycles. The van der Waals surface area contributed by atoms with E-state index in [1.165, 1.54) is 0 Å². The highest BCUT2D eigenvalue weighted by Gasteiger charge is 2.54. The van der Waals surface area contributed by atoms with Crippen molar-refractivity contribution in [2.24, 2.45) is 28.7 Å². The monoisotopic (exact) mass is 615 g/mol. The second-order valence-electron chi connectivity index (χ2n) is 11.2. The number of nitrogens with two attached hydrogens (primary N) is 5. The van der Waals surface area contributed by atoms with Crippen LogP contribution in [0.2, 0.25) is 0 Å². The van der Waals surface area contributed by atoms with Crippen molar-refractivity contribution in [1.82, 2.24) is 0 Å². The van der Waals surface area contributed by atoms with E-state index >= 15 is 0 Å². The summed E-state index contributed by atoms with van der Waals surface area (Å²) in [5.41, 5.74) is 29.8. The van der Waals surface area contributed by atoms with E-state index in [1.807, 2.05) is 0 Å². The maximum Gasteiger partial charge on any atom is 0.187 e. The third-order valence-corrected chi connectivity index (χ3v) is 8.32. The lowest BCUT2D eigenvalue weighted by Crippen LogP contribution is -2.68. The van der Waals surface area contributed by atoms with Gasteiger partial charge in [-0.15, -0.1) is 0 Å². The number of ether oxygens (including phenoxy) is 6. The Morgan fingerprint density at radius 2 is 0.976 bits per heavy atom. The van der Waals surface area contributed by atoms with Gasteiger partial charge < -0.3 is 97.9 Å². The molecule has 3 saturated heterocycles. The molecule has 246 valence electrons. The molecule has 19 heteroatoms. The Kier molecular flexibility index (Phi) is 11.5. The SMILES string of the molecule is NC[C@H]1O[C@H](O[C@H]2[C@@H](O)[C@H](OC3[C@@H](O)[C@H](N)C[C@H](N)[C@H]3O)O[C@H]2CO)[C@H](N)[C@@H](O)[C@@H]1O[C@H]1O[C@H](CO)[C@@H](O)[C@H](O)[C@H]1N. The van der Waals surface area contributed by atoms with Crippen LogP contribution >= 0.6 is 0 Å². The van der Waals surface area contributed by atoms with Gasteiger partial charge in [-0.2, -0.15) is 0 Å². The topological polar surface area (TPSA) is 347 Å². The third-order valence-electron chi connectivity index (χ3n) is 8.32. The number of hydrogen-bond acceptors (Lipinski definition) is 19. The van der Waals surface area contributed by atoms with Crippen molar-refractivity contribution in [2.75, 3.05) is 19.8 Å². The first-order valence-electron chi connectivity index (χ1n) is 13.8. The van der Waals surface area contributed by atoms with Crippen molar-refractivity contribution in [2.45, 2.75) is 123 Å². The number of hydrogen-bond donors (Lipinski definition) is 13. The lowest BCUT2D eigenvalue weighted by atomic mass is 9.84. The van der Waals surface area contributed by atoms with Gasteiger partial charge in [0.15, 0.2) is 18.9 Å². The molecule has 0 amide bonds. The van der Waals surface area contributed by atoms with Crippen LogP contribution in [0, 0.1) is 0 Å². The molecule has 18 N–H and O–H groups in total. The molecule has 4 fully saturated rings. The lowest BCUT2D eigenvalue weighted by molar-refractivity contribution is -0.331. The van der Waals surface area contributed by atoms with Gasteiger partial charge in [-0.25, -0.2) is 0 Å². The molecule has 0 aromatic carbocycles. The van der Waals surface area contributed by atoms with E-state index in [0.717, 1.165) is 0 Å². The van der Waals surface area contributed by atoms with Gasteiger partial charge in [0.25, 0.3) is 0 Å². The fraction of sp³-hybridized carbons (Fsp3) is 1.00. The van der Waals surface area contributed by atoms with Gasteiger partial charge >= 0.3 is 0 Å². The fourth-order valence-electron chi connectivity index (χ4n) is 5.69. The zero-order chi connectivity index (χ0) is 31.0. The average molecular weight is 616 g/mol. The number of aliphatic hydroxyl groups excluding tert-OH is 8. The molecule has 3 heterocycles. The molecule has 19 atom stereocenters. The van der Waals surface area contributed by atoms with E-state index in [1.54, 1.807) is 0 Å². The van der Waals surface area contributed by atoms with Crippen molar-refractivity contribution < 1.29 is 69.3 Å². The van der Waals surface area contributed by atoms with Gasteiger partial charge in [0, 0.05) is 18.6 Å². The largest absolute Gasteiger partial charge is 0.394 e. The van der Waals surface area contributed by atoms with Crippen LogP contribution < -0.4 is 28.7 Å². The third kappa shape index (κ3) is 6.60. The van der Waals surface area contributed by atoms with E-state index in [9.17, 15) is 40.9 Å². The normalized spacial score (nSPS) is 53.8. The second-order valence-corrected chi connectivity index (χ2v) is 11.2. The van der Waals surface area contributed by atoms with Gasteiger partial charge in [-0.1, -0.05) is 0 Å². The molecule has 1 saturated carbocycles. The molecular weight excluding hydrogens is 570 g/mol. The molecule has 19 nitrogen and oxygen atoms in total. The molecule has 0 aromatic rings. The van der Waals surface area contributed by atoms with Crippen LogP contribution in [0.15, 0.2) is 0 Å². The molecule has 0 bridgehead atoms. The Balaban J connectivity index is 1.43. The van der Waals surface area contributed by atoms with E-state index in [-0.39, 0.29) is 13.0 Å². The second kappa shape index (κ2) is 14.1. The number of aliphatic hydroxyl groups is 8. The standard InChI is InChI=1S/C23H45N5O14/c24-2-7-18(40-21-10(27)15(34)14(33)8(3-29)38-21)16(35)11(28)22(37-7)41-19-9(4-30)39-23(17(19)36)42-20-12(31)5(25)1-6(26)13(20)32/h5-23,29-36H,1-4,24-28H2/t5-,6+,7-,8-,9+,10-,11-,12+,13-,14-,15-,16-,17-,18-,19-,20?,21-,22-,23+/m1/s1. The van der Waals surface area contributed by atoms with Crippen LogP contribution in [0.5, 0.6) is 0 Å². The van der Waals surface area contributed by atoms with Gasteiger partial charge in [0.2, 0.25) is 0 Å². The van der Waals surface area contributed by atoms with Gasteiger partial charge in [-0.3, -0.25) is 0 Å². The summed E-state index contributed by atoms with van der Waals surface area (Å²) >= 11 is 0. The van der Waals surface area contributed by atoms with Gasteiger partial charge in [0.1, 0.15) is 61.0 Å². The number of rotatable bonds is 9. The van der Waals surface area contributed by atoms with E-state index in [0.29, 0.717) is 0 Å². The predicted molar refractivity (Wildman–Crippen MR) is 136 cm³/mol. The summed E-state index contributed by atoms with van der Waals surface area (Å²) in [6.45, 7) is -1.53. The molecule has 4 rings (SSSR count). The average Bonchev–Trinajstić information content (AvgIpc) is 3.27. The molecule has 0 spiro atoms. The van der Waals surface area contributed by atoms with Crippen LogP contribution in [-0.2, 0) is 28.4 Å². The fourth-order valence-corrected chi connectivity index (χ4v) is 5.69. The Labute approximate surface area is 240 Å². The maximum atomic E-state index is 11.0. The van der Waals surface area contributed by atoms with E-state index in [4.69, 9.17) is 57.1 Å². The van der Waals surface area contributed by atoms with Crippen LogP contribution in [0.4, 0.5) is 0 Å². The molecule has 42 heavy (non-hydrogen) atoms. The molecule has 1 aliphatic carbocycles. The first-order valence-corrected chi connectivity index (χ1v) is 13.8. The molecule has 0 radical (unpaired) electrons. The molecular formula is C23H45N5O14. The van der Waals surface area contributed by atoms with Crippen LogP contribution in [0.3, 0.4) is 0 Å². The summed E-state index contributed by atoms with van der Waals surface area (Å²) < 4.78 is 34.2. The Morgan fingerprint density at radius 1 is 0.524 bits per heavy atom. The van der Waals surface area contributed by atoms with Crippen molar-refractivity contribution in [3.63, 3.8) is 0 Å². The maximum absolute atomic E-state index is 11.0. The summed E-state index contributed by atoms with van der Waals surface area (Å²) in [6, 6.07) is -4.20. The minimum Gasteiger partial charge on any atom is -0.394 e. The minimum atomic E-state index is -1.59. The summed E-state index contributed by atoms with van der Waals surface area (Å²) in [5.74, 6) is 0. The zero-order valence-electron chi connectivity index (χ0n) is 22.7. The van der Waals surface area contributed by atoms with Crippen molar-refractivity contribution in [1.29, 1.82) is 0 Å². The summed E-state index contributed by atoms with van der Waals surface area (Å²) in [5, 5.41) is 82.5. The quantitative estimate of drug-likeness (QED) is 0.114. The predicted octanol–water partition coefficient (Wildman–Crippen LogP) is -8.86. The minimum absolute atomic E-state index is 0.136. The Morgan fingerprint density at radius 3 is 1.50 bits per heavy atom. The van der Waals surface area contributed by atoms with Crippen molar-refractivity contribution in [3.05, 3.63) is 0 Å². The van der Waals surface area contributed by atoms with Crippen molar-refractivity contribution in [3.8, 4) is 0 Å². The summed E-state index contributed by atoms with van der Waals surface area (Å²) in [4.78, 5) is 0.